The quantitative estimate of drug-likeness (QED) is 0.730. The Morgan fingerprint density at radius 1 is 1.26 bits per heavy atom. The summed E-state index contributed by atoms with van der Waals surface area (Å²) in [4.78, 5) is 11.4. The Bertz CT molecular complexity index is 829. The molecule has 6 nitrogen and oxygen atoms in total. The molecule has 1 atom stereocenters. The second kappa shape index (κ2) is 6.58. The molecule has 0 aliphatic rings. The zero-order valence-electron chi connectivity index (χ0n) is 12.7. The number of ether oxygens (including phenoxy) is 1. The van der Waals surface area contributed by atoms with Crippen LogP contribution in [0.15, 0.2) is 48.7 Å². The van der Waals surface area contributed by atoms with Crippen LogP contribution in [0.1, 0.15) is 24.3 Å². The average Bonchev–Trinajstić information content (AvgIpc) is 3.02. The van der Waals surface area contributed by atoms with Crippen LogP contribution in [0.5, 0.6) is 0 Å². The van der Waals surface area contributed by atoms with Gasteiger partial charge in [-0.15, -0.1) is 5.10 Å². The first-order valence-electron chi connectivity index (χ1n) is 7.40. The van der Waals surface area contributed by atoms with Gasteiger partial charge in [0.2, 0.25) is 0 Å². The van der Waals surface area contributed by atoms with Crippen LogP contribution in [0, 0.1) is 0 Å². The van der Waals surface area contributed by atoms with Gasteiger partial charge < -0.3 is 9.84 Å². The number of hydrogen-bond acceptors (Lipinski definition) is 5. The summed E-state index contributed by atoms with van der Waals surface area (Å²) in [7, 11) is 0. The monoisotopic (exact) mass is 311 g/mol. The predicted octanol–water partition coefficient (Wildman–Crippen LogP) is 2.08. The summed E-state index contributed by atoms with van der Waals surface area (Å²) in [6.45, 7) is 2.04. The first-order chi connectivity index (χ1) is 11.2. The van der Waals surface area contributed by atoms with E-state index < -0.39 is 6.10 Å². The van der Waals surface area contributed by atoms with E-state index in [2.05, 4.69) is 10.3 Å². The molecule has 23 heavy (non-hydrogen) atoms. The Balaban J connectivity index is 1.80. The maximum absolute atomic E-state index is 11.4. The van der Waals surface area contributed by atoms with Crippen molar-refractivity contribution in [3.8, 4) is 0 Å². The number of nitrogens with zero attached hydrogens (tertiary/aromatic N) is 3. The molecule has 0 aliphatic carbocycles. The van der Waals surface area contributed by atoms with Gasteiger partial charge in [-0.25, -0.2) is 4.68 Å². The van der Waals surface area contributed by atoms with Gasteiger partial charge in [-0.1, -0.05) is 41.6 Å². The Kier molecular flexibility index (Phi) is 4.34. The van der Waals surface area contributed by atoms with Crippen LogP contribution in [0.4, 0.5) is 0 Å². The fraction of sp³-hybridized carbons (Fsp3) is 0.235. The van der Waals surface area contributed by atoms with E-state index in [4.69, 9.17) is 4.74 Å². The van der Waals surface area contributed by atoms with E-state index in [1.54, 1.807) is 13.1 Å². The Morgan fingerprint density at radius 2 is 2.04 bits per heavy atom. The van der Waals surface area contributed by atoms with E-state index in [9.17, 15) is 9.90 Å². The number of carbonyl (C=O) groups excluding carboxylic acids is 1. The van der Waals surface area contributed by atoms with Crippen molar-refractivity contribution < 1.29 is 14.6 Å². The summed E-state index contributed by atoms with van der Waals surface area (Å²) in [6.07, 6.45) is 0.659. The number of esters is 1. The molecular formula is C17H17N3O3. The van der Waals surface area contributed by atoms with E-state index in [-0.39, 0.29) is 12.5 Å². The summed E-state index contributed by atoms with van der Waals surface area (Å²) in [5.41, 5.74) is 1.12. The maximum Gasteiger partial charge on any atom is 0.327 e. The maximum atomic E-state index is 11.4. The van der Waals surface area contributed by atoms with Gasteiger partial charge in [-0.2, -0.15) is 0 Å². The predicted molar refractivity (Wildman–Crippen MR) is 84.7 cm³/mol. The molecular weight excluding hydrogens is 294 g/mol. The molecule has 0 saturated carbocycles. The van der Waals surface area contributed by atoms with Gasteiger partial charge in [0.25, 0.3) is 0 Å². The lowest BCUT2D eigenvalue weighted by molar-refractivity contribution is -0.144. The van der Waals surface area contributed by atoms with Crippen molar-refractivity contribution in [2.45, 2.75) is 19.6 Å². The summed E-state index contributed by atoms with van der Waals surface area (Å²) in [5, 5.41) is 20.4. The number of aromatic nitrogens is 3. The molecule has 3 aromatic rings. The largest absolute Gasteiger partial charge is 0.465 e. The van der Waals surface area contributed by atoms with Crippen LogP contribution in [-0.2, 0) is 16.1 Å². The highest BCUT2D eigenvalue weighted by atomic mass is 16.5. The molecule has 0 fully saturated rings. The lowest BCUT2D eigenvalue weighted by Crippen LogP contribution is -2.13. The SMILES string of the molecule is CCOC(=O)Cn1cc(C(O)c2ccc3ccccc3c2)nn1. The second-order valence-electron chi connectivity index (χ2n) is 5.16. The van der Waals surface area contributed by atoms with Crippen molar-refractivity contribution in [1.82, 2.24) is 15.0 Å². The first kappa shape index (κ1) is 15.2. The fourth-order valence-electron chi connectivity index (χ4n) is 2.40. The first-order valence-corrected chi connectivity index (χ1v) is 7.40. The number of carbonyl (C=O) groups is 1. The number of aliphatic hydroxyl groups is 1. The molecule has 0 spiro atoms. The Labute approximate surface area is 133 Å². The highest BCUT2D eigenvalue weighted by Gasteiger charge is 2.16. The summed E-state index contributed by atoms with van der Waals surface area (Å²) in [5.74, 6) is -0.385. The molecule has 1 unspecified atom stereocenters. The summed E-state index contributed by atoms with van der Waals surface area (Å²) in [6, 6.07) is 13.7. The van der Waals surface area contributed by atoms with E-state index >= 15 is 0 Å². The molecule has 118 valence electrons. The van der Waals surface area contributed by atoms with Crippen molar-refractivity contribution in [3.05, 3.63) is 59.9 Å². The summed E-state index contributed by atoms with van der Waals surface area (Å²) < 4.78 is 6.22. The van der Waals surface area contributed by atoms with Crippen LogP contribution in [0.3, 0.4) is 0 Å². The number of rotatable bonds is 5. The smallest absolute Gasteiger partial charge is 0.327 e. The third kappa shape index (κ3) is 3.37. The van der Waals surface area contributed by atoms with Crippen LogP contribution < -0.4 is 0 Å². The Morgan fingerprint density at radius 3 is 2.83 bits per heavy atom. The molecule has 2 aromatic carbocycles. The van der Waals surface area contributed by atoms with Crippen LogP contribution in [0.25, 0.3) is 10.8 Å². The highest BCUT2D eigenvalue weighted by molar-refractivity contribution is 5.83. The summed E-state index contributed by atoms with van der Waals surface area (Å²) >= 11 is 0. The lowest BCUT2D eigenvalue weighted by Gasteiger charge is -2.08. The zero-order valence-corrected chi connectivity index (χ0v) is 12.7. The molecule has 1 aromatic heterocycles. The van der Waals surface area contributed by atoms with Gasteiger partial charge in [-0.05, 0) is 29.3 Å². The van der Waals surface area contributed by atoms with Gasteiger partial charge >= 0.3 is 5.97 Å². The third-order valence-corrected chi connectivity index (χ3v) is 3.52. The molecule has 0 amide bonds. The van der Waals surface area contributed by atoms with E-state index in [0.29, 0.717) is 12.3 Å². The molecule has 0 aliphatic heterocycles. The van der Waals surface area contributed by atoms with Crippen LogP contribution >= 0.6 is 0 Å². The molecule has 0 bridgehead atoms. The van der Waals surface area contributed by atoms with Crippen molar-refractivity contribution in [2.75, 3.05) is 6.61 Å². The van der Waals surface area contributed by atoms with Gasteiger partial charge in [0.05, 0.1) is 12.8 Å². The van der Waals surface area contributed by atoms with Gasteiger partial charge in [-0.3, -0.25) is 4.79 Å². The minimum Gasteiger partial charge on any atom is -0.465 e. The molecule has 0 saturated heterocycles. The van der Waals surface area contributed by atoms with Crippen molar-refractivity contribution >= 4 is 16.7 Å². The molecule has 3 rings (SSSR count). The fourth-order valence-corrected chi connectivity index (χ4v) is 2.40. The third-order valence-electron chi connectivity index (χ3n) is 3.52. The molecule has 1 heterocycles. The number of fused-ring (bicyclic) bond motifs is 1. The van der Waals surface area contributed by atoms with Crippen LogP contribution in [0.2, 0.25) is 0 Å². The number of aliphatic hydroxyl groups excluding tert-OH is 1. The van der Waals surface area contributed by atoms with Crippen molar-refractivity contribution in [2.24, 2.45) is 0 Å². The second-order valence-corrected chi connectivity index (χ2v) is 5.16. The normalized spacial score (nSPS) is 12.3. The lowest BCUT2D eigenvalue weighted by atomic mass is 10.0. The number of benzene rings is 2. The molecule has 1 N–H and O–H groups in total. The van der Waals surface area contributed by atoms with Crippen molar-refractivity contribution in [3.63, 3.8) is 0 Å². The van der Waals surface area contributed by atoms with Crippen LogP contribution in [-0.4, -0.2) is 32.7 Å². The van der Waals surface area contributed by atoms with Crippen molar-refractivity contribution in [1.29, 1.82) is 0 Å². The standard InChI is InChI=1S/C17H17N3O3/c1-2-23-16(21)11-20-10-15(18-19-20)17(22)14-8-7-12-5-3-4-6-13(12)9-14/h3-10,17,22H,2,11H2,1H3. The van der Waals surface area contributed by atoms with E-state index in [1.807, 2.05) is 42.5 Å². The van der Waals surface area contributed by atoms with Gasteiger partial charge in [0.1, 0.15) is 18.3 Å². The Hall–Kier alpha value is -2.73. The zero-order chi connectivity index (χ0) is 16.2. The topological polar surface area (TPSA) is 77.2 Å². The van der Waals surface area contributed by atoms with E-state index in [0.717, 1.165) is 16.3 Å². The molecule has 6 heteroatoms. The minimum atomic E-state index is -0.893. The van der Waals surface area contributed by atoms with E-state index in [1.165, 1.54) is 4.68 Å². The number of hydrogen-bond donors (Lipinski definition) is 1. The van der Waals surface area contributed by atoms with Gasteiger partial charge in [0.15, 0.2) is 0 Å². The van der Waals surface area contributed by atoms with Gasteiger partial charge in [0, 0.05) is 0 Å². The molecule has 0 radical (unpaired) electrons. The highest BCUT2D eigenvalue weighted by Crippen LogP contribution is 2.24. The average molecular weight is 311 g/mol. The minimum absolute atomic E-state index is 0.0225.